The third-order valence-electron chi connectivity index (χ3n) is 3.22. The largest absolute Gasteiger partial charge is 0.494 e. The van der Waals surface area contributed by atoms with Crippen molar-refractivity contribution in [3.63, 3.8) is 0 Å². The van der Waals surface area contributed by atoms with Crippen molar-refractivity contribution < 1.29 is 14.3 Å². The maximum Gasteiger partial charge on any atom is 0.163 e. The summed E-state index contributed by atoms with van der Waals surface area (Å²) in [7, 11) is 0. The maximum atomic E-state index is 11.8. The highest BCUT2D eigenvalue weighted by molar-refractivity contribution is 6.01. The van der Waals surface area contributed by atoms with E-state index < -0.39 is 0 Å². The molecule has 0 aliphatic rings. The Balaban J connectivity index is 2.43. The third-order valence-corrected chi connectivity index (χ3v) is 3.22. The van der Waals surface area contributed by atoms with E-state index in [1.165, 1.54) is 0 Å². The van der Waals surface area contributed by atoms with Gasteiger partial charge in [-0.15, -0.1) is 0 Å². The average Bonchev–Trinajstić information content (AvgIpc) is 2.49. The molecule has 112 valence electrons. The SMILES string of the molecule is CCCOc1ccc2cc(C(C)=O)c(OCCC)cc2c1. The number of carbonyl (C=O) groups is 1. The molecule has 0 atom stereocenters. The number of hydrogen-bond acceptors (Lipinski definition) is 3. The van der Waals surface area contributed by atoms with E-state index in [4.69, 9.17) is 9.47 Å². The van der Waals surface area contributed by atoms with Crippen molar-refractivity contribution in [1.82, 2.24) is 0 Å². The van der Waals surface area contributed by atoms with Crippen molar-refractivity contribution in [3.05, 3.63) is 35.9 Å². The molecule has 0 aliphatic carbocycles. The molecule has 0 radical (unpaired) electrons. The molecule has 3 nitrogen and oxygen atoms in total. The second-order valence-corrected chi connectivity index (χ2v) is 5.11. The smallest absolute Gasteiger partial charge is 0.163 e. The van der Waals surface area contributed by atoms with E-state index in [0.717, 1.165) is 29.4 Å². The van der Waals surface area contributed by atoms with Gasteiger partial charge in [-0.05, 0) is 54.8 Å². The van der Waals surface area contributed by atoms with E-state index in [-0.39, 0.29) is 5.78 Å². The highest BCUT2D eigenvalue weighted by Gasteiger charge is 2.11. The first kappa shape index (κ1) is 15.4. The minimum absolute atomic E-state index is 0.0225. The first-order valence-electron chi connectivity index (χ1n) is 7.50. The van der Waals surface area contributed by atoms with E-state index >= 15 is 0 Å². The van der Waals surface area contributed by atoms with E-state index in [0.29, 0.717) is 24.5 Å². The maximum absolute atomic E-state index is 11.8. The molecule has 21 heavy (non-hydrogen) atoms. The van der Waals surface area contributed by atoms with Crippen molar-refractivity contribution in [3.8, 4) is 11.5 Å². The minimum Gasteiger partial charge on any atom is -0.494 e. The molecule has 0 aromatic heterocycles. The number of fused-ring (bicyclic) bond motifs is 1. The number of hydrogen-bond donors (Lipinski definition) is 0. The van der Waals surface area contributed by atoms with Gasteiger partial charge in [0.25, 0.3) is 0 Å². The van der Waals surface area contributed by atoms with Gasteiger partial charge < -0.3 is 9.47 Å². The molecule has 0 heterocycles. The van der Waals surface area contributed by atoms with Gasteiger partial charge in [0.2, 0.25) is 0 Å². The number of ketones is 1. The molecule has 2 aromatic rings. The van der Waals surface area contributed by atoms with Crippen LogP contribution >= 0.6 is 0 Å². The first-order chi connectivity index (χ1) is 10.2. The minimum atomic E-state index is 0.0225. The Labute approximate surface area is 125 Å². The fourth-order valence-electron chi connectivity index (χ4n) is 2.17. The summed E-state index contributed by atoms with van der Waals surface area (Å²) < 4.78 is 11.4. The highest BCUT2D eigenvalue weighted by Crippen LogP contribution is 2.29. The Bertz CT molecular complexity index is 632. The molecular formula is C18H22O3. The lowest BCUT2D eigenvalue weighted by Gasteiger charge is -2.12. The average molecular weight is 286 g/mol. The summed E-state index contributed by atoms with van der Waals surface area (Å²) in [6.07, 6.45) is 1.89. The predicted octanol–water partition coefficient (Wildman–Crippen LogP) is 4.62. The van der Waals surface area contributed by atoms with Crippen LogP contribution in [-0.2, 0) is 0 Å². The molecule has 0 saturated heterocycles. The first-order valence-corrected chi connectivity index (χ1v) is 7.50. The summed E-state index contributed by atoms with van der Waals surface area (Å²) in [6.45, 7) is 7.01. The Hall–Kier alpha value is -2.03. The number of Topliss-reactive ketones (excluding diaryl/α,β-unsaturated/α-hetero) is 1. The summed E-state index contributed by atoms with van der Waals surface area (Å²) in [4.78, 5) is 11.8. The summed E-state index contributed by atoms with van der Waals surface area (Å²) in [5.41, 5.74) is 0.637. The van der Waals surface area contributed by atoms with Crippen molar-refractivity contribution in [2.75, 3.05) is 13.2 Å². The second kappa shape index (κ2) is 7.11. The van der Waals surface area contributed by atoms with Crippen molar-refractivity contribution >= 4 is 16.6 Å². The molecule has 2 rings (SSSR count). The van der Waals surface area contributed by atoms with Crippen LogP contribution in [0.2, 0.25) is 0 Å². The molecule has 0 aliphatic heterocycles. The van der Waals surface area contributed by atoms with Gasteiger partial charge in [0.1, 0.15) is 11.5 Å². The van der Waals surface area contributed by atoms with Crippen LogP contribution < -0.4 is 9.47 Å². The van der Waals surface area contributed by atoms with E-state index in [9.17, 15) is 4.79 Å². The summed E-state index contributed by atoms with van der Waals surface area (Å²) >= 11 is 0. The van der Waals surface area contributed by atoms with E-state index in [2.05, 4.69) is 6.92 Å². The van der Waals surface area contributed by atoms with Gasteiger partial charge in [-0.25, -0.2) is 0 Å². The molecule has 0 unspecified atom stereocenters. The molecule has 0 N–H and O–H groups in total. The van der Waals surface area contributed by atoms with Gasteiger partial charge in [-0.1, -0.05) is 19.9 Å². The monoisotopic (exact) mass is 286 g/mol. The van der Waals surface area contributed by atoms with Crippen LogP contribution in [-0.4, -0.2) is 19.0 Å². The van der Waals surface area contributed by atoms with Gasteiger partial charge in [-0.3, -0.25) is 4.79 Å². The van der Waals surface area contributed by atoms with E-state index in [1.807, 2.05) is 37.3 Å². The molecule has 0 saturated carbocycles. The Morgan fingerprint density at radius 1 is 0.952 bits per heavy atom. The Morgan fingerprint density at radius 3 is 2.33 bits per heavy atom. The molecule has 0 spiro atoms. The zero-order valence-electron chi connectivity index (χ0n) is 12.9. The topological polar surface area (TPSA) is 35.5 Å². The summed E-state index contributed by atoms with van der Waals surface area (Å²) in [5, 5.41) is 2.05. The van der Waals surface area contributed by atoms with Gasteiger partial charge in [-0.2, -0.15) is 0 Å². The lowest BCUT2D eigenvalue weighted by Crippen LogP contribution is -2.02. The fraction of sp³-hybridized carbons (Fsp3) is 0.389. The zero-order chi connectivity index (χ0) is 15.2. The highest BCUT2D eigenvalue weighted by atomic mass is 16.5. The van der Waals surface area contributed by atoms with Crippen LogP contribution in [0.15, 0.2) is 30.3 Å². The molecule has 3 heteroatoms. The van der Waals surface area contributed by atoms with Gasteiger partial charge in [0.15, 0.2) is 5.78 Å². The quantitative estimate of drug-likeness (QED) is 0.697. The number of rotatable bonds is 7. The lowest BCUT2D eigenvalue weighted by atomic mass is 10.0. The Morgan fingerprint density at radius 2 is 1.67 bits per heavy atom. The zero-order valence-corrected chi connectivity index (χ0v) is 12.9. The molecule has 0 fully saturated rings. The van der Waals surface area contributed by atoms with Crippen LogP contribution in [0.5, 0.6) is 11.5 Å². The molecule has 2 aromatic carbocycles. The van der Waals surface area contributed by atoms with Gasteiger partial charge >= 0.3 is 0 Å². The standard InChI is InChI=1S/C18H22O3/c1-4-8-20-16-7-6-14-11-17(13(3)19)18(21-9-5-2)12-15(14)10-16/h6-7,10-12H,4-5,8-9H2,1-3H3. The summed E-state index contributed by atoms with van der Waals surface area (Å²) in [5.74, 6) is 1.53. The van der Waals surface area contributed by atoms with Crippen molar-refractivity contribution in [2.45, 2.75) is 33.6 Å². The number of carbonyl (C=O) groups excluding carboxylic acids is 1. The molecule has 0 bridgehead atoms. The molecular weight excluding hydrogens is 264 g/mol. The number of benzene rings is 2. The predicted molar refractivity (Wildman–Crippen MR) is 85.5 cm³/mol. The summed E-state index contributed by atoms with van der Waals surface area (Å²) in [6, 6.07) is 9.74. The fourth-order valence-corrected chi connectivity index (χ4v) is 2.17. The second-order valence-electron chi connectivity index (χ2n) is 5.11. The van der Waals surface area contributed by atoms with Crippen LogP contribution in [0.1, 0.15) is 44.0 Å². The van der Waals surface area contributed by atoms with Crippen LogP contribution in [0.3, 0.4) is 0 Å². The van der Waals surface area contributed by atoms with Crippen LogP contribution in [0.4, 0.5) is 0 Å². The van der Waals surface area contributed by atoms with Crippen LogP contribution in [0.25, 0.3) is 10.8 Å². The lowest BCUT2D eigenvalue weighted by molar-refractivity contribution is 0.101. The Kier molecular flexibility index (Phi) is 5.20. The normalized spacial score (nSPS) is 10.6. The third kappa shape index (κ3) is 3.75. The van der Waals surface area contributed by atoms with Gasteiger partial charge in [0, 0.05) is 0 Å². The number of ether oxygens (including phenoxy) is 2. The molecule has 0 amide bonds. The van der Waals surface area contributed by atoms with Crippen molar-refractivity contribution in [1.29, 1.82) is 0 Å². The van der Waals surface area contributed by atoms with Gasteiger partial charge in [0.05, 0.1) is 18.8 Å². The van der Waals surface area contributed by atoms with Crippen LogP contribution in [0, 0.1) is 0 Å². The van der Waals surface area contributed by atoms with Crippen molar-refractivity contribution in [2.24, 2.45) is 0 Å². The van der Waals surface area contributed by atoms with E-state index in [1.54, 1.807) is 6.92 Å².